The van der Waals surface area contributed by atoms with Crippen LogP contribution in [0.2, 0.25) is 0 Å². The summed E-state index contributed by atoms with van der Waals surface area (Å²) in [6.07, 6.45) is 3.39. The highest BCUT2D eigenvalue weighted by Gasteiger charge is 2.07. The number of nitrogens with zero attached hydrogens (tertiary/aromatic N) is 2. The molecule has 0 saturated carbocycles. The summed E-state index contributed by atoms with van der Waals surface area (Å²) < 4.78 is 1.66. The molecule has 0 aliphatic heterocycles. The highest BCUT2D eigenvalue weighted by Crippen LogP contribution is 2.11. The maximum absolute atomic E-state index is 11.9. The summed E-state index contributed by atoms with van der Waals surface area (Å²) in [5, 5.41) is 9.48. The van der Waals surface area contributed by atoms with E-state index in [0.29, 0.717) is 6.54 Å². The molecule has 0 radical (unpaired) electrons. The van der Waals surface area contributed by atoms with E-state index in [2.05, 4.69) is 4.98 Å². The molecule has 4 heteroatoms. The van der Waals surface area contributed by atoms with Gasteiger partial charge in [-0.1, -0.05) is 19.4 Å². The third-order valence-corrected chi connectivity index (χ3v) is 2.75. The quantitative estimate of drug-likeness (QED) is 0.894. The molecule has 0 spiro atoms. The first-order valence-corrected chi connectivity index (χ1v) is 6.03. The zero-order chi connectivity index (χ0) is 13.0. The molecular formula is C14H16N2O2. The van der Waals surface area contributed by atoms with E-state index >= 15 is 0 Å². The molecule has 0 fully saturated rings. The fourth-order valence-corrected chi connectivity index (χ4v) is 1.93. The maximum Gasteiger partial charge on any atom is 0.254 e. The number of rotatable bonds is 4. The predicted molar refractivity (Wildman–Crippen MR) is 69.7 cm³/mol. The third kappa shape index (κ3) is 2.77. The van der Waals surface area contributed by atoms with Gasteiger partial charge in [0.2, 0.25) is 0 Å². The van der Waals surface area contributed by atoms with E-state index in [1.54, 1.807) is 16.8 Å². The fraction of sp³-hybridized carbons (Fsp3) is 0.286. The van der Waals surface area contributed by atoms with E-state index in [0.717, 1.165) is 24.2 Å². The first-order chi connectivity index (χ1) is 8.70. The number of aryl methyl sites for hydroxylation is 1. The highest BCUT2D eigenvalue weighted by molar-refractivity contribution is 5.23. The summed E-state index contributed by atoms with van der Waals surface area (Å²) >= 11 is 0. The Bertz CT molecular complexity index is 576. The van der Waals surface area contributed by atoms with E-state index in [1.165, 1.54) is 6.07 Å². The zero-order valence-electron chi connectivity index (χ0n) is 10.3. The van der Waals surface area contributed by atoms with Gasteiger partial charge in [-0.3, -0.25) is 9.78 Å². The van der Waals surface area contributed by atoms with Crippen LogP contribution in [0, 0.1) is 0 Å². The standard InChI is InChI=1S/C14H16N2O2/c1-2-5-12-8-13(17)9-14(18)16(12)10-11-6-3-4-7-15-11/h3-4,6-9,17H,2,5,10H2,1H3. The number of hydrogen-bond donors (Lipinski definition) is 1. The summed E-state index contributed by atoms with van der Waals surface area (Å²) in [6.45, 7) is 2.48. The molecule has 18 heavy (non-hydrogen) atoms. The molecule has 0 bridgehead atoms. The van der Waals surface area contributed by atoms with E-state index < -0.39 is 0 Å². The van der Waals surface area contributed by atoms with Gasteiger partial charge in [-0.2, -0.15) is 0 Å². The van der Waals surface area contributed by atoms with Gasteiger partial charge >= 0.3 is 0 Å². The van der Waals surface area contributed by atoms with Gasteiger partial charge in [0.25, 0.3) is 5.56 Å². The molecule has 0 aromatic carbocycles. The van der Waals surface area contributed by atoms with Crippen molar-refractivity contribution in [3.05, 3.63) is 58.3 Å². The van der Waals surface area contributed by atoms with Crippen molar-refractivity contribution in [1.82, 2.24) is 9.55 Å². The second-order valence-electron chi connectivity index (χ2n) is 4.20. The Labute approximate surface area is 106 Å². The minimum atomic E-state index is -0.191. The predicted octanol–water partition coefficient (Wildman–Crippen LogP) is 1.95. The molecule has 2 aromatic rings. The van der Waals surface area contributed by atoms with Gasteiger partial charge in [-0.25, -0.2) is 0 Å². The molecule has 0 unspecified atom stereocenters. The molecule has 0 amide bonds. The molecule has 0 aliphatic rings. The normalized spacial score (nSPS) is 10.5. The Morgan fingerprint density at radius 1 is 1.33 bits per heavy atom. The van der Waals surface area contributed by atoms with Crippen molar-refractivity contribution in [3.8, 4) is 5.75 Å². The second kappa shape index (κ2) is 5.49. The summed E-state index contributed by atoms with van der Waals surface area (Å²) in [6, 6.07) is 8.51. The smallest absolute Gasteiger partial charge is 0.254 e. The molecule has 4 nitrogen and oxygen atoms in total. The zero-order valence-corrected chi connectivity index (χ0v) is 10.3. The summed E-state index contributed by atoms with van der Waals surface area (Å²) in [5.41, 5.74) is 1.49. The number of pyridine rings is 2. The van der Waals surface area contributed by atoms with Crippen LogP contribution in [-0.4, -0.2) is 14.7 Å². The Morgan fingerprint density at radius 2 is 2.17 bits per heavy atom. The van der Waals surface area contributed by atoms with Crippen LogP contribution in [0.25, 0.3) is 0 Å². The van der Waals surface area contributed by atoms with Gasteiger partial charge in [-0.15, -0.1) is 0 Å². The Kier molecular flexibility index (Phi) is 3.77. The van der Waals surface area contributed by atoms with Crippen LogP contribution in [0.3, 0.4) is 0 Å². The van der Waals surface area contributed by atoms with Crippen molar-refractivity contribution in [1.29, 1.82) is 0 Å². The minimum absolute atomic E-state index is 0.0284. The average Bonchev–Trinajstić information content (AvgIpc) is 2.35. The van der Waals surface area contributed by atoms with Crippen LogP contribution in [0.5, 0.6) is 5.75 Å². The largest absolute Gasteiger partial charge is 0.508 e. The summed E-state index contributed by atoms with van der Waals surface area (Å²) in [4.78, 5) is 16.1. The molecule has 2 aromatic heterocycles. The molecule has 0 aliphatic carbocycles. The maximum atomic E-state index is 11.9. The number of hydrogen-bond acceptors (Lipinski definition) is 3. The van der Waals surface area contributed by atoms with Crippen molar-refractivity contribution in [2.75, 3.05) is 0 Å². The van der Waals surface area contributed by atoms with Gasteiger partial charge in [-0.05, 0) is 24.6 Å². The lowest BCUT2D eigenvalue weighted by Gasteiger charge is -2.12. The van der Waals surface area contributed by atoms with E-state index in [4.69, 9.17) is 0 Å². The van der Waals surface area contributed by atoms with Crippen molar-refractivity contribution in [2.24, 2.45) is 0 Å². The number of aromatic hydroxyl groups is 1. The van der Waals surface area contributed by atoms with E-state index in [-0.39, 0.29) is 11.3 Å². The van der Waals surface area contributed by atoms with Crippen molar-refractivity contribution in [2.45, 2.75) is 26.3 Å². The molecular weight excluding hydrogens is 228 g/mol. The highest BCUT2D eigenvalue weighted by atomic mass is 16.3. The van der Waals surface area contributed by atoms with Gasteiger partial charge in [0.1, 0.15) is 5.75 Å². The van der Waals surface area contributed by atoms with Gasteiger partial charge in [0.05, 0.1) is 12.2 Å². The van der Waals surface area contributed by atoms with Gasteiger partial charge in [0, 0.05) is 18.0 Å². The summed E-state index contributed by atoms with van der Waals surface area (Å²) in [7, 11) is 0. The fourth-order valence-electron chi connectivity index (χ4n) is 1.93. The van der Waals surface area contributed by atoms with Crippen LogP contribution < -0.4 is 5.56 Å². The Morgan fingerprint density at radius 3 is 2.83 bits per heavy atom. The first-order valence-electron chi connectivity index (χ1n) is 6.03. The van der Waals surface area contributed by atoms with Crippen molar-refractivity contribution in [3.63, 3.8) is 0 Å². The van der Waals surface area contributed by atoms with Gasteiger partial charge in [0.15, 0.2) is 0 Å². The lowest BCUT2D eigenvalue weighted by Crippen LogP contribution is -2.23. The van der Waals surface area contributed by atoms with Crippen LogP contribution in [0.1, 0.15) is 24.7 Å². The topological polar surface area (TPSA) is 55.1 Å². The molecule has 2 heterocycles. The monoisotopic (exact) mass is 244 g/mol. The summed E-state index contributed by atoms with van der Waals surface area (Å²) in [5.74, 6) is 0.0284. The average molecular weight is 244 g/mol. The molecule has 2 rings (SSSR count). The first kappa shape index (κ1) is 12.4. The van der Waals surface area contributed by atoms with E-state index in [9.17, 15) is 9.90 Å². The third-order valence-electron chi connectivity index (χ3n) is 2.75. The Balaban J connectivity index is 2.40. The lowest BCUT2D eigenvalue weighted by molar-refractivity contribution is 0.468. The molecule has 1 N–H and O–H groups in total. The van der Waals surface area contributed by atoms with Crippen LogP contribution in [0.15, 0.2) is 41.3 Å². The SMILES string of the molecule is CCCc1cc(O)cc(=O)n1Cc1ccccn1. The van der Waals surface area contributed by atoms with Crippen molar-refractivity contribution >= 4 is 0 Å². The lowest BCUT2D eigenvalue weighted by atomic mass is 10.2. The number of aromatic nitrogens is 2. The molecule has 0 saturated heterocycles. The van der Waals surface area contributed by atoms with E-state index in [1.807, 2.05) is 25.1 Å². The van der Waals surface area contributed by atoms with Crippen LogP contribution >= 0.6 is 0 Å². The second-order valence-corrected chi connectivity index (χ2v) is 4.20. The Hall–Kier alpha value is -2.10. The minimum Gasteiger partial charge on any atom is -0.508 e. The van der Waals surface area contributed by atoms with Crippen LogP contribution in [-0.2, 0) is 13.0 Å². The van der Waals surface area contributed by atoms with Gasteiger partial charge < -0.3 is 9.67 Å². The van der Waals surface area contributed by atoms with Crippen LogP contribution in [0.4, 0.5) is 0 Å². The molecule has 0 atom stereocenters. The van der Waals surface area contributed by atoms with Crippen molar-refractivity contribution < 1.29 is 5.11 Å². The molecule has 94 valence electrons.